The lowest BCUT2D eigenvalue weighted by Gasteiger charge is -2.34. The lowest BCUT2D eigenvalue weighted by Crippen LogP contribution is -2.37. The van der Waals surface area contributed by atoms with E-state index < -0.39 is 5.54 Å². The van der Waals surface area contributed by atoms with E-state index in [1.165, 1.54) is 0 Å². The summed E-state index contributed by atoms with van der Waals surface area (Å²) >= 11 is 6.23. The number of benzene rings is 1. The fraction of sp³-hybridized carbons (Fsp3) is 0.556. The van der Waals surface area contributed by atoms with Crippen molar-refractivity contribution in [2.45, 2.75) is 49.5 Å². The van der Waals surface area contributed by atoms with Crippen LogP contribution in [-0.2, 0) is 15.7 Å². The normalized spacial score (nSPS) is 21.7. The van der Waals surface area contributed by atoms with E-state index in [4.69, 9.17) is 31.6 Å². The average Bonchev–Trinajstić information content (AvgIpc) is 3.26. The van der Waals surface area contributed by atoms with Crippen LogP contribution in [0, 0.1) is 0 Å². The van der Waals surface area contributed by atoms with Crippen molar-refractivity contribution < 1.29 is 9.26 Å². The summed E-state index contributed by atoms with van der Waals surface area (Å²) in [5, 5.41) is 4.97. The molecule has 1 aliphatic heterocycles. The van der Waals surface area contributed by atoms with Crippen LogP contribution in [0.25, 0.3) is 0 Å². The van der Waals surface area contributed by atoms with Gasteiger partial charge in [0.1, 0.15) is 0 Å². The van der Waals surface area contributed by atoms with Crippen LogP contribution in [0.2, 0.25) is 5.02 Å². The SMILES string of the molecule is Cl.NC1(c2noc(C3(c4cccc(Cl)c4)CCOCC3)n2)CCCC1. The van der Waals surface area contributed by atoms with Gasteiger partial charge < -0.3 is 15.0 Å². The number of hydrogen-bond donors (Lipinski definition) is 1. The van der Waals surface area contributed by atoms with Crippen molar-refractivity contribution >= 4 is 24.0 Å². The van der Waals surface area contributed by atoms with Gasteiger partial charge in [-0.1, -0.05) is 41.7 Å². The fourth-order valence-electron chi connectivity index (χ4n) is 3.98. The largest absolute Gasteiger partial charge is 0.381 e. The van der Waals surface area contributed by atoms with Crippen molar-refractivity contribution in [2.24, 2.45) is 5.73 Å². The molecule has 1 aliphatic carbocycles. The Morgan fingerprint density at radius 1 is 1.08 bits per heavy atom. The molecule has 1 saturated carbocycles. The molecule has 1 aromatic carbocycles. The third kappa shape index (κ3) is 3.31. The van der Waals surface area contributed by atoms with E-state index in [-0.39, 0.29) is 17.8 Å². The minimum absolute atomic E-state index is 0. The lowest BCUT2D eigenvalue weighted by atomic mass is 9.74. The first kappa shape index (κ1) is 18.6. The maximum atomic E-state index is 6.50. The van der Waals surface area contributed by atoms with E-state index in [1.807, 2.05) is 18.2 Å². The number of aromatic nitrogens is 2. The molecule has 2 aromatic rings. The molecule has 2 aliphatic rings. The zero-order chi connectivity index (χ0) is 16.6. The van der Waals surface area contributed by atoms with Crippen LogP contribution >= 0.6 is 24.0 Å². The Balaban J connectivity index is 0.00000182. The maximum Gasteiger partial charge on any atom is 0.237 e. The monoisotopic (exact) mass is 383 g/mol. The summed E-state index contributed by atoms with van der Waals surface area (Å²) in [5.74, 6) is 1.28. The highest BCUT2D eigenvalue weighted by Gasteiger charge is 2.44. The summed E-state index contributed by atoms with van der Waals surface area (Å²) in [4.78, 5) is 4.76. The Labute approximate surface area is 158 Å². The van der Waals surface area contributed by atoms with E-state index >= 15 is 0 Å². The first-order valence-corrected chi connectivity index (χ1v) is 8.98. The number of nitrogens with zero attached hydrogens (tertiary/aromatic N) is 2. The van der Waals surface area contributed by atoms with Gasteiger partial charge in [0.05, 0.1) is 11.0 Å². The minimum Gasteiger partial charge on any atom is -0.381 e. The van der Waals surface area contributed by atoms with Crippen molar-refractivity contribution in [1.82, 2.24) is 10.1 Å². The predicted octanol–water partition coefficient (Wildman–Crippen LogP) is 3.97. The van der Waals surface area contributed by atoms with Gasteiger partial charge >= 0.3 is 0 Å². The molecule has 0 bridgehead atoms. The Kier molecular flexibility index (Phi) is 5.40. The van der Waals surface area contributed by atoms with Gasteiger partial charge in [-0.3, -0.25) is 0 Å². The molecule has 0 atom stereocenters. The Bertz CT molecular complexity index is 723. The molecule has 0 radical (unpaired) electrons. The molecule has 1 aromatic heterocycles. The molecular weight excluding hydrogens is 361 g/mol. The van der Waals surface area contributed by atoms with Crippen LogP contribution in [0.1, 0.15) is 55.8 Å². The van der Waals surface area contributed by atoms with Crippen molar-refractivity contribution in [3.8, 4) is 0 Å². The number of nitrogens with two attached hydrogens (primary N) is 1. The zero-order valence-corrected chi connectivity index (χ0v) is 15.6. The quantitative estimate of drug-likeness (QED) is 0.867. The lowest BCUT2D eigenvalue weighted by molar-refractivity contribution is 0.0523. The van der Waals surface area contributed by atoms with Crippen molar-refractivity contribution in [2.75, 3.05) is 13.2 Å². The maximum absolute atomic E-state index is 6.50. The average molecular weight is 384 g/mol. The van der Waals surface area contributed by atoms with Crippen LogP contribution < -0.4 is 5.73 Å². The van der Waals surface area contributed by atoms with Crippen molar-refractivity contribution in [3.63, 3.8) is 0 Å². The molecule has 25 heavy (non-hydrogen) atoms. The number of hydrogen-bond acceptors (Lipinski definition) is 5. The van der Waals surface area contributed by atoms with Gasteiger partial charge in [-0.25, -0.2) is 0 Å². The molecular formula is C18H23Cl2N3O2. The molecule has 2 N–H and O–H groups in total. The van der Waals surface area contributed by atoms with Gasteiger partial charge in [0.2, 0.25) is 5.89 Å². The third-order valence-electron chi connectivity index (χ3n) is 5.50. The third-order valence-corrected chi connectivity index (χ3v) is 5.74. The summed E-state index contributed by atoms with van der Waals surface area (Å²) in [6.45, 7) is 1.33. The molecule has 2 heterocycles. The zero-order valence-electron chi connectivity index (χ0n) is 14.0. The minimum atomic E-state index is -0.442. The van der Waals surface area contributed by atoms with Gasteiger partial charge in [0.15, 0.2) is 5.82 Å². The predicted molar refractivity (Wildman–Crippen MR) is 98.2 cm³/mol. The summed E-state index contributed by atoms with van der Waals surface area (Å²) in [6.07, 6.45) is 5.67. The van der Waals surface area contributed by atoms with Crippen molar-refractivity contribution in [3.05, 3.63) is 46.6 Å². The van der Waals surface area contributed by atoms with Gasteiger partial charge in [-0.15, -0.1) is 12.4 Å². The summed E-state index contributed by atoms with van der Waals surface area (Å²) in [7, 11) is 0. The molecule has 1 saturated heterocycles. The van der Waals surface area contributed by atoms with Gasteiger partial charge in [0.25, 0.3) is 0 Å². The molecule has 0 unspecified atom stereocenters. The Hall–Kier alpha value is -1.14. The second kappa shape index (κ2) is 7.23. The first-order chi connectivity index (χ1) is 11.6. The summed E-state index contributed by atoms with van der Waals surface area (Å²) in [5.41, 5.74) is 6.82. The number of rotatable bonds is 3. The highest BCUT2D eigenvalue weighted by molar-refractivity contribution is 6.30. The van der Waals surface area contributed by atoms with E-state index in [0.29, 0.717) is 30.0 Å². The van der Waals surface area contributed by atoms with Gasteiger partial charge in [-0.05, 0) is 43.4 Å². The van der Waals surface area contributed by atoms with E-state index in [9.17, 15) is 0 Å². The number of halogens is 2. The van der Waals surface area contributed by atoms with E-state index in [0.717, 1.165) is 44.1 Å². The smallest absolute Gasteiger partial charge is 0.237 e. The van der Waals surface area contributed by atoms with Gasteiger partial charge in [0, 0.05) is 18.2 Å². The van der Waals surface area contributed by atoms with E-state index in [1.54, 1.807) is 0 Å². The molecule has 136 valence electrons. The van der Waals surface area contributed by atoms with Gasteiger partial charge in [-0.2, -0.15) is 4.98 Å². The molecule has 0 amide bonds. The fourth-order valence-corrected chi connectivity index (χ4v) is 4.17. The highest BCUT2D eigenvalue weighted by Crippen LogP contribution is 2.42. The molecule has 5 nitrogen and oxygen atoms in total. The molecule has 4 rings (SSSR count). The standard InChI is InChI=1S/C18H22ClN3O2.ClH/c19-14-5-3-4-13(12-14)17(8-10-23-11-9-17)16-21-15(22-24-16)18(20)6-1-2-7-18;/h3-5,12H,1-2,6-11,20H2;1H. The second-order valence-electron chi connectivity index (χ2n) is 6.99. The highest BCUT2D eigenvalue weighted by atomic mass is 35.5. The first-order valence-electron chi connectivity index (χ1n) is 8.60. The van der Waals surface area contributed by atoms with Crippen LogP contribution in [0.15, 0.2) is 28.8 Å². The molecule has 7 heteroatoms. The second-order valence-corrected chi connectivity index (χ2v) is 7.43. The summed E-state index contributed by atoms with van der Waals surface area (Å²) < 4.78 is 11.3. The van der Waals surface area contributed by atoms with Crippen molar-refractivity contribution in [1.29, 1.82) is 0 Å². The Morgan fingerprint density at radius 2 is 1.80 bits per heavy atom. The van der Waals surface area contributed by atoms with Crippen LogP contribution in [0.5, 0.6) is 0 Å². The topological polar surface area (TPSA) is 74.2 Å². The van der Waals surface area contributed by atoms with Crippen LogP contribution in [0.4, 0.5) is 0 Å². The van der Waals surface area contributed by atoms with Crippen LogP contribution in [-0.4, -0.2) is 23.4 Å². The number of ether oxygens (including phenoxy) is 1. The molecule has 0 spiro atoms. The van der Waals surface area contributed by atoms with E-state index in [2.05, 4.69) is 11.2 Å². The van der Waals surface area contributed by atoms with Crippen LogP contribution in [0.3, 0.4) is 0 Å². The summed E-state index contributed by atoms with van der Waals surface area (Å²) in [6, 6.07) is 7.91. The Morgan fingerprint density at radius 3 is 2.48 bits per heavy atom. The molecule has 2 fully saturated rings.